The minimum absolute atomic E-state index is 0.0615. The molecule has 0 saturated carbocycles. The van der Waals surface area contributed by atoms with Crippen LogP contribution in [-0.2, 0) is 9.59 Å². The first kappa shape index (κ1) is 13.6. The van der Waals surface area contributed by atoms with Gasteiger partial charge in [0.1, 0.15) is 11.9 Å². The van der Waals surface area contributed by atoms with Gasteiger partial charge in [0.2, 0.25) is 5.91 Å². The lowest BCUT2D eigenvalue weighted by Gasteiger charge is -2.20. The number of hydrogen-bond donors (Lipinski definition) is 2. The van der Waals surface area contributed by atoms with Crippen LogP contribution >= 0.6 is 15.9 Å². The summed E-state index contributed by atoms with van der Waals surface area (Å²) in [7, 11) is 0. The van der Waals surface area contributed by atoms with Crippen LogP contribution in [0.5, 0.6) is 0 Å². The Labute approximate surface area is 115 Å². The second kappa shape index (κ2) is 4.71. The largest absolute Gasteiger partial charge is 0.368 e. The number of anilines is 1. The molecule has 0 fully saturated rings. The summed E-state index contributed by atoms with van der Waals surface area (Å²) in [6, 6.07) is 0.975. The number of carbonyl (C=O) groups is 3. The van der Waals surface area contributed by atoms with E-state index in [0.29, 0.717) is 0 Å². The number of nitrogens with zero attached hydrogens (tertiary/aromatic N) is 1. The van der Waals surface area contributed by atoms with Crippen molar-refractivity contribution in [2.45, 2.75) is 6.04 Å². The van der Waals surface area contributed by atoms with Gasteiger partial charge in [-0.1, -0.05) is 0 Å². The number of amides is 2. The van der Waals surface area contributed by atoms with Crippen molar-refractivity contribution in [3.05, 3.63) is 28.0 Å². The summed E-state index contributed by atoms with van der Waals surface area (Å²) < 4.78 is 13.5. The number of hydrogen-bond acceptors (Lipinski definition) is 4. The average molecular weight is 330 g/mol. The summed E-state index contributed by atoms with van der Waals surface area (Å²) in [5, 5.41) is 0. The van der Waals surface area contributed by atoms with Crippen molar-refractivity contribution in [2.75, 3.05) is 11.4 Å². The third-order valence-electron chi connectivity index (χ3n) is 2.73. The molecule has 1 atom stereocenters. The molecule has 8 heteroatoms. The number of primary amides is 1. The molecule has 0 radical (unpaired) electrons. The molecule has 1 aromatic carbocycles. The third kappa shape index (κ3) is 2.24. The van der Waals surface area contributed by atoms with Crippen molar-refractivity contribution in [2.24, 2.45) is 11.5 Å². The Balaban J connectivity index is 2.47. The van der Waals surface area contributed by atoms with E-state index in [2.05, 4.69) is 15.9 Å². The first-order valence-electron chi connectivity index (χ1n) is 5.23. The standard InChI is InChI=1S/C11H9BrFN3O3/c12-6-2-4(13)1-5-8(6)16(11(19)9(5)17)3-7(14)10(15)18/h1-2,7H,3,14H2,(H2,15,18). The minimum atomic E-state index is -1.11. The SMILES string of the molecule is NC(=O)C(N)CN1C(=O)C(=O)c2cc(F)cc(Br)c21. The van der Waals surface area contributed by atoms with Crippen molar-refractivity contribution in [1.82, 2.24) is 0 Å². The smallest absolute Gasteiger partial charge is 0.299 e. The normalized spacial score (nSPS) is 15.6. The van der Waals surface area contributed by atoms with E-state index in [0.717, 1.165) is 17.0 Å². The van der Waals surface area contributed by atoms with Crippen LogP contribution in [0.1, 0.15) is 10.4 Å². The van der Waals surface area contributed by atoms with E-state index in [4.69, 9.17) is 11.5 Å². The fraction of sp³-hybridized carbons (Fsp3) is 0.182. The number of benzene rings is 1. The summed E-state index contributed by atoms with van der Waals surface area (Å²) in [6.45, 7) is -0.239. The molecule has 0 saturated heterocycles. The molecule has 6 nitrogen and oxygen atoms in total. The monoisotopic (exact) mass is 329 g/mol. The van der Waals surface area contributed by atoms with E-state index >= 15 is 0 Å². The molecule has 4 N–H and O–H groups in total. The highest BCUT2D eigenvalue weighted by Gasteiger charge is 2.39. The lowest BCUT2D eigenvalue weighted by molar-refractivity contribution is -0.119. The second-order valence-corrected chi connectivity index (χ2v) is 4.89. The highest BCUT2D eigenvalue weighted by molar-refractivity contribution is 9.10. The Kier molecular flexibility index (Phi) is 3.38. The van der Waals surface area contributed by atoms with Crippen LogP contribution in [0.2, 0.25) is 0 Å². The average Bonchev–Trinajstić information content (AvgIpc) is 2.54. The van der Waals surface area contributed by atoms with Crippen LogP contribution in [0.15, 0.2) is 16.6 Å². The molecule has 19 heavy (non-hydrogen) atoms. The summed E-state index contributed by atoms with van der Waals surface area (Å²) in [4.78, 5) is 35.5. The van der Waals surface area contributed by atoms with E-state index in [1.54, 1.807) is 0 Å². The van der Waals surface area contributed by atoms with Crippen molar-refractivity contribution in [3.8, 4) is 0 Å². The van der Waals surface area contributed by atoms with E-state index in [1.807, 2.05) is 0 Å². The molecule has 1 heterocycles. The van der Waals surface area contributed by atoms with Gasteiger partial charge in [-0.05, 0) is 28.1 Å². The zero-order valence-corrected chi connectivity index (χ0v) is 11.1. The predicted octanol–water partition coefficient (Wildman–Crippen LogP) is -0.0699. The van der Waals surface area contributed by atoms with Crippen LogP contribution in [0, 0.1) is 5.82 Å². The Hall–Kier alpha value is -1.80. The van der Waals surface area contributed by atoms with Gasteiger partial charge in [0, 0.05) is 4.47 Å². The summed E-state index contributed by atoms with van der Waals surface area (Å²) in [6.07, 6.45) is 0. The molecule has 0 aromatic heterocycles. The van der Waals surface area contributed by atoms with Gasteiger partial charge in [0.15, 0.2) is 0 Å². The van der Waals surface area contributed by atoms with Crippen LogP contribution in [0.25, 0.3) is 0 Å². The predicted molar refractivity (Wildman–Crippen MR) is 68.0 cm³/mol. The Bertz CT molecular complexity index is 605. The van der Waals surface area contributed by atoms with Gasteiger partial charge in [-0.25, -0.2) is 4.39 Å². The molecule has 100 valence electrons. The number of carbonyl (C=O) groups excluding carboxylic acids is 3. The molecule has 2 amide bonds. The Morgan fingerprint density at radius 3 is 2.63 bits per heavy atom. The summed E-state index contributed by atoms with van der Waals surface area (Å²) >= 11 is 3.08. The van der Waals surface area contributed by atoms with Gasteiger partial charge in [-0.2, -0.15) is 0 Å². The maximum absolute atomic E-state index is 13.2. The van der Waals surface area contributed by atoms with Crippen molar-refractivity contribution in [1.29, 1.82) is 0 Å². The molecule has 1 aromatic rings. The maximum Gasteiger partial charge on any atom is 0.299 e. The Morgan fingerprint density at radius 1 is 1.42 bits per heavy atom. The fourth-order valence-corrected chi connectivity index (χ4v) is 2.46. The number of fused-ring (bicyclic) bond motifs is 1. The first-order chi connectivity index (χ1) is 8.82. The van der Waals surface area contributed by atoms with Gasteiger partial charge in [0.25, 0.3) is 11.7 Å². The highest BCUT2D eigenvalue weighted by Crippen LogP contribution is 2.36. The number of rotatable bonds is 3. The first-order valence-corrected chi connectivity index (χ1v) is 6.02. The molecule has 1 aliphatic rings. The fourth-order valence-electron chi connectivity index (χ4n) is 1.81. The molecule has 2 rings (SSSR count). The van der Waals surface area contributed by atoms with Crippen molar-refractivity contribution < 1.29 is 18.8 Å². The Morgan fingerprint density at radius 2 is 2.05 bits per heavy atom. The zero-order chi connectivity index (χ0) is 14.3. The van der Waals surface area contributed by atoms with Crippen molar-refractivity contribution >= 4 is 39.2 Å². The number of Topliss-reactive ketones (excluding diaryl/α,β-unsaturated/α-hetero) is 1. The van der Waals surface area contributed by atoms with E-state index in [9.17, 15) is 18.8 Å². The van der Waals surface area contributed by atoms with Crippen LogP contribution < -0.4 is 16.4 Å². The van der Waals surface area contributed by atoms with Crippen molar-refractivity contribution in [3.63, 3.8) is 0 Å². The number of ketones is 1. The van der Waals surface area contributed by atoms with Crippen LogP contribution in [0.3, 0.4) is 0 Å². The minimum Gasteiger partial charge on any atom is -0.368 e. The molecule has 0 spiro atoms. The van der Waals surface area contributed by atoms with Gasteiger partial charge in [0.05, 0.1) is 17.8 Å². The maximum atomic E-state index is 13.2. The van der Waals surface area contributed by atoms with Gasteiger partial charge >= 0.3 is 0 Å². The number of halogens is 2. The van der Waals surface area contributed by atoms with Crippen LogP contribution in [-0.4, -0.2) is 30.2 Å². The lowest BCUT2D eigenvalue weighted by Crippen LogP contribution is -2.47. The molecular formula is C11H9BrFN3O3. The second-order valence-electron chi connectivity index (χ2n) is 4.04. The van der Waals surface area contributed by atoms with Gasteiger partial charge in [-0.15, -0.1) is 0 Å². The molecule has 1 unspecified atom stereocenters. The van der Waals surface area contributed by atoms with E-state index < -0.39 is 29.5 Å². The molecular weight excluding hydrogens is 321 g/mol. The van der Waals surface area contributed by atoms with Gasteiger partial charge < -0.3 is 16.4 Å². The lowest BCUT2D eigenvalue weighted by atomic mass is 10.1. The summed E-state index contributed by atoms with van der Waals surface area (Å²) in [5.41, 5.74) is 10.6. The van der Waals surface area contributed by atoms with Gasteiger partial charge in [-0.3, -0.25) is 14.4 Å². The molecule has 0 aliphatic carbocycles. The third-order valence-corrected chi connectivity index (χ3v) is 3.33. The van der Waals surface area contributed by atoms with E-state index in [1.165, 1.54) is 0 Å². The zero-order valence-electron chi connectivity index (χ0n) is 9.52. The topological polar surface area (TPSA) is 106 Å². The van der Waals surface area contributed by atoms with E-state index in [-0.39, 0.29) is 22.3 Å². The highest BCUT2D eigenvalue weighted by atomic mass is 79.9. The number of nitrogens with two attached hydrogens (primary N) is 2. The summed E-state index contributed by atoms with van der Waals surface area (Å²) in [5.74, 6) is -3.15. The molecule has 0 bridgehead atoms. The van der Waals surface area contributed by atoms with Crippen LogP contribution in [0.4, 0.5) is 10.1 Å². The molecule has 1 aliphatic heterocycles. The quantitative estimate of drug-likeness (QED) is 0.757.